The molecule has 0 bridgehead atoms. The number of β-lactam (4-membered cyclic amide) rings is 1. The maximum atomic E-state index is 13.1. The summed E-state index contributed by atoms with van der Waals surface area (Å²) in [6, 6.07) is 2.92. The fourth-order valence-corrected chi connectivity index (χ4v) is 3.87. The summed E-state index contributed by atoms with van der Waals surface area (Å²) in [4.78, 5) is 81.0. The predicted octanol–water partition coefficient (Wildman–Crippen LogP) is 0.628. The second-order valence-electron chi connectivity index (χ2n) is 8.72. The molecule has 2 aromatic rings. The molecule has 0 saturated carbocycles. The number of alkyl halides is 1. The average Bonchev–Trinajstić information content (AvgIpc) is 3.40. The number of esters is 2. The van der Waals surface area contributed by atoms with Crippen molar-refractivity contribution in [2.24, 2.45) is 5.16 Å². The van der Waals surface area contributed by atoms with Crippen LogP contribution >= 0.6 is 22.9 Å². The lowest BCUT2D eigenvalue weighted by atomic mass is 9.99. The first-order valence-electron chi connectivity index (χ1n) is 11.5. The molecule has 18 heteroatoms. The van der Waals surface area contributed by atoms with E-state index in [0.29, 0.717) is 5.56 Å². The van der Waals surface area contributed by atoms with Gasteiger partial charge in [-0.15, -0.1) is 22.9 Å². The standard InChI is InChI=1S/C23H23ClN6O10S/c1-23(2,21(35)39-9-11-4-6-12(7-5-11)30(36)37)40-29-15(13-10-41-22(25-13)26-14(31)8-24)18(32)27-16-17(20(34)38-3)28-19(16)33/h4-7,10,16-17H,8-9H2,1-3H3,(H,27,32)(H,28,33)(H,25,26,31)/t16-,17-/m1/s1. The Morgan fingerprint density at radius 1 is 1.24 bits per heavy atom. The molecule has 3 N–H and O–H groups in total. The predicted molar refractivity (Wildman–Crippen MR) is 142 cm³/mol. The van der Waals surface area contributed by atoms with Crippen molar-refractivity contribution in [2.45, 2.75) is 38.1 Å². The Morgan fingerprint density at radius 3 is 2.51 bits per heavy atom. The Balaban J connectivity index is 1.78. The van der Waals surface area contributed by atoms with Crippen molar-refractivity contribution in [2.75, 3.05) is 18.3 Å². The number of methoxy groups -OCH3 is 1. The van der Waals surface area contributed by atoms with Crippen molar-refractivity contribution in [3.05, 3.63) is 51.0 Å². The molecular formula is C23H23ClN6O10S. The topological polar surface area (TPSA) is 218 Å². The number of hydrogen-bond donors (Lipinski definition) is 3. The van der Waals surface area contributed by atoms with Crippen molar-refractivity contribution in [3.63, 3.8) is 0 Å². The summed E-state index contributed by atoms with van der Waals surface area (Å²) < 4.78 is 9.83. The number of carbonyl (C=O) groups excluding carboxylic acids is 5. The summed E-state index contributed by atoms with van der Waals surface area (Å²) in [5.74, 6) is -4.23. The number of ether oxygens (including phenoxy) is 2. The number of non-ortho nitro benzene ring substituents is 1. The number of oxime groups is 1. The number of rotatable bonds is 12. The minimum absolute atomic E-state index is 0.0711. The van der Waals surface area contributed by atoms with Gasteiger partial charge in [-0.3, -0.25) is 24.5 Å². The molecule has 3 rings (SSSR count). The fourth-order valence-electron chi connectivity index (χ4n) is 3.09. The number of nitrogens with one attached hydrogen (secondary N) is 3. The molecule has 0 spiro atoms. The van der Waals surface area contributed by atoms with Crippen LogP contribution in [-0.2, 0) is 44.9 Å². The van der Waals surface area contributed by atoms with Gasteiger partial charge in [0.1, 0.15) is 24.2 Å². The van der Waals surface area contributed by atoms with Crippen LogP contribution in [0.5, 0.6) is 0 Å². The quantitative estimate of drug-likeness (QED) is 0.0755. The lowest BCUT2D eigenvalue weighted by molar-refractivity contribution is -0.384. The molecule has 1 saturated heterocycles. The molecule has 1 aromatic heterocycles. The van der Waals surface area contributed by atoms with Gasteiger partial charge in [-0.25, -0.2) is 14.6 Å². The zero-order valence-electron chi connectivity index (χ0n) is 21.7. The summed E-state index contributed by atoms with van der Waals surface area (Å²) in [7, 11) is 1.11. The number of thiazole rings is 1. The zero-order chi connectivity index (χ0) is 30.3. The summed E-state index contributed by atoms with van der Waals surface area (Å²) in [6.07, 6.45) is 0. The molecule has 1 aliphatic heterocycles. The molecule has 3 amide bonds. The largest absolute Gasteiger partial charge is 0.467 e. The van der Waals surface area contributed by atoms with Crippen LogP contribution in [-0.4, -0.2) is 76.0 Å². The van der Waals surface area contributed by atoms with Gasteiger partial charge in [0, 0.05) is 17.5 Å². The molecule has 0 unspecified atom stereocenters. The van der Waals surface area contributed by atoms with Gasteiger partial charge in [0.2, 0.25) is 17.4 Å². The molecule has 1 aromatic carbocycles. The Hall–Kier alpha value is -4.64. The fraction of sp³-hybridized carbons (Fsp3) is 0.348. The first kappa shape index (κ1) is 30.9. The van der Waals surface area contributed by atoms with Gasteiger partial charge >= 0.3 is 11.9 Å². The van der Waals surface area contributed by atoms with E-state index < -0.39 is 58.0 Å². The molecule has 41 heavy (non-hydrogen) atoms. The van der Waals surface area contributed by atoms with Crippen molar-refractivity contribution in [3.8, 4) is 0 Å². The number of nitro groups is 1. The van der Waals surface area contributed by atoms with Crippen LogP contribution in [0.4, 0.5) is 10.8 Å². The van der Waals surface area contributed by atoms with E-state index >= 15 is 0 Å². The Labute approximate surface area is 240 Å². The van der Waals surface area contributed by atoms with Gasteiger partial charge in [-0.05, 0) is 31.5 Å². The Bertz CT molecular complexity index is 1390. The van der Waals surface area contributed by atoms with Gasteiger partial charge < -0.3 is 30.3 Å². The van der Waals surface area contributed by atoms with Crippen LogP contribution in [0.3, 0.4) is 0 Å². The van der Waals surface area contributed by atoms with E-state index in [1.807, 2.05) is 0 Å². The van der Waals surface area contributed by atoms with Crippen LogP contribution in [0.15, 0.2) is 34.8 Å². The van der Waals surface area contributed by atoms with Gasteiger partial charge in [0.05, 0.1) is 12.0 Å². The molecule has 1 fully saturated rings. The average molecular weight is 611 g/mol. The maximum Gasteiger partial charge on any atom is 0.353 e. The van der Waals surface area contributed by atoms with Crippen LogP contribution in [0.1, 0.15) is 25.1 Å². The van der Waals surface area contributed by atoms with Gasteiger partial charge in [0.25, 0.3) is 11.6 Å². The monoisotopic (exact) mass is 610 g/mol. The van der Waals surface area contributed by atoms with Crippen molar-refractivity contribution >= 4 is 69.1 Å². The molecule has 218 valence electrons. The van der Waals surface area contributed by atoms with Crippen molar-refractivity contribution in [1.82, 2.24) is 15.6 Å². The molecule has 2 heterocycles. The van der Waals surface area contributed by atoms with E-state index in [9.17, 15) is 34.1 Å². The molecule has 0 aliphatic carbocycles. The Morgan fingerprint density at radius 2 is 1.93 bits per heavy atom. The number of amides is 3. The number of hydrogen-bond acceptors (Lipinski definition) is 13. The number of benzene rings is 1. The normalized spacial score (nSPS) is 16.5. The third-order valence-corrected chi connectivity index (χ3v) is 6.36. The van der Waals surface area contributed by atoms with Gasteiger partial charge in [0.15, 0.2) is 16.9 Å². The lowest BCUT2D eigenvalue weighted by Crippen LogP contribution is -2.72. The zero-order valence-corrected chi connectivity index (χ0v) is 23.2. The van der Waals surface area contributed by atoms with E-state index in [2.05, 4.69) is 30.8 Å². The molecule has 16 nitrogen and oxygen atoms in total. The number of nitrogens with zero attached hydrogens (tertiary/aromatic N) is 3. The van der Waals surface area contributed by atoms with Gasteiger partial charge in [-0.1, -0.05) is 5.16 Å². The number of carbonyl (C=O) groups is 5. The summed E-state index contributed by atoms with van der Waals surface area (Å²) in [6.45, 7) is 2.39. The van der Waals surface area contributed by atoms with Crippen LogP contribution in [0.25, 0.3) is 0 Å². The minimum Gasteiger partial charge on any atom is -0.467 e. The highest BCUT2D eigenvalue weighted by Crippen LogP contribution is 2.20. The maximum absolute atomic E-state index is 13.1. The highest BCUT2D eigenvalue weighted by Gasteiger charge is 2.46. The highest BCUT2D eigenvalue weighted by molar-refractivity contribution is 7.14. The second kappa shape index (κ2) is 13.1. The SMILES string of the molecule is COC(=O)[C@@H]1NC(=O)[C@@H]1NC(=O)C(=NOC(C)(C)C(=O)OCc1ccc([N+](=O)[O-])cc1)c1csc(NC(=O)CCl)n1. The first-order valence-corrected chi connectivity index (χ1v) is 12.9. The molecular weight excluding hydrogens is 588 g/mol. The number of anilines is 1. The molecule has 0 radical (unpaired) electrons. The van der Waals surface area contributed by atoms with Crippen LogP contribution in [0.2, 0.25) is 0 Å². The minimum atomic E-state index is -1.75. The van der Waals surface area contributed by atoms with E-state index in [1.54, 1.807) is 0 Å². The smallest absolute Gasteiger partial charge is 0.353 e. The highest BCUT2D eigenvalue weighted by atomic mass is 35.5. The van der Waals surface area contributed by atoms with E-state index in [1.165, 1.54) is 43.5 Å². The second-order valence-corrected chi connectivity index (χ2v) is 9.85. The summed E-state index contributed by atoms with van der Waals surface area (Å²) >= 11 is 6.42. The summed E-state index contributed by atoms with van der Waals surface area (Å²) in [5, 5.41) is 23.1. The van der Waals surface area contributed by atoms with Crippen molar-refractivity contribution in [1.29, 1.82) is 0 Å². The lowest BCUT2D eigenvalue weighted by Gasteiger charge is -2.34. The number of halogens is 1. The number of nitro benzene ring substituents is 1. The molecule has 1 aliphatic rings. The third kappa shape index (κ3) is 7.73. The van der Waals surface area contributed by atoms with Gasteiger partial charge in [-0.2, -0.15) is 0 Å². The van der Waals surface area contributed by atoms with Crippen LogP contribution in [0, 0.1) is 10.1 Å². The summed E-state index contributed by atoms with van der Waals surface area (Å²) in [5.41, 5.74) is -2.00. The van der Waals surface area contributed by atoms with Crippen molar-refractivity contribution < 1.29 is 43.2 Å². The Kier molecular flexibility index (Phi) is 9.90. The third-order valence-electron chi connectivity index (χ3n) is 5.36. The van der Waals surface area contributed by atoms with E-state index in [0.717, 1.165) is 18.4 Å². The molecule has 2 atom stereocenters. The number of aromatic nitrogens is 1. The van der Waals surface area contributed by atoms with E-state index in [-0.39, 0.29) is 29.0 Å². The van der Waals surface area contributed by atoms with E-state index in [4.69, 9.17) is 21.2 Å². The first-order chi connectivity index (χ1) is 19.4. The van der Waals surface area contributed by atoms with Crippen LogP contribution < -0.4 is 16.0 Å².